The topological polar surface area (TPSA) is 275 Å². The second-order valence-electron chi connectivity index (χ2n) is 23.9. The highest BCUT2D eigenvalue weighted by Crippen LogP contribution is 2.65. The van der Waals surface area contributed by atoms with E-state index in [0.717, 1.165) is 99.5 Å². The van der Waals surface area contributed by atoms with Gasteiger partial charge in [0.1, 0.15) is 37.6 Å². The summed E-state index contributed by atoms with van der Waals surface area (Å²) in [5, 5.41) is 19.8. The number of carbonyl (C=O) groups is 7. The van der Waals surface area contributed by atoms with Crippen LogP contribution >= 0.6 is 0 Å². The van der Waals surface area contributed by atoms with Gasteiger partial charge in [0.25, 0.3) is 0 Å². The molecule has 5 heterocycles. The second kappa shape index (κ2) is 23.9. The van der Waals surface area contributed by atoms with Gasteiger partial charge in [-0.2, -0.15) is 0 Å². The van der Waals surface area contributed by atoms with E-state index in [1.165, 1.54) is 22.8 Å². The number of aromatic nitrogens is 3. The number of aliphatic hydroxyl groups is 1. The molecule has 20 unspecified atom stereocenters. The summed E-state index contributed by atoms with van der Waals surface area (Å²) >= 11 is 0. The van der Waals surface area contributed by atoms with Crippen molar-refractivity contribution in [2.24, 2.45) is 35.0 Å². The van der Waals surface area contributed by atoms with Gasteiger partial charge in [-0.3, -0.25) is 38.5 Å². The van der Waals surface area contributed by atoms with E-state index in [1.807, 2.05) is 0 Å². The highest BCUT2D eigenvalue weighted by atomic mass is 16.7. The van der Waals surface area contributed by atoms with Crippen LogP contribution in [0.4, 0.5) is 0 Å². The number of hydrogen-bond donors (Lipinski definition) is 1. The van der Waals surface area contributed by atoms with E-state index in [0.29, 0.717) is 35.9 Å². The van der Waals surface area contributed by atoms with Gasteiger partial charge >= 0.3 is 41.8 Å². The molecule has 4 saturated heterocycles. The molecule has 20 atom stereocenters. The maximum atomic E-state index is 13.2. The Morgan fingerprint density at radius 2 is 1.36 bits per heavy atom. The number of ether oxygens (including phenoxy) is 11. The SMILES string of the molecule is CC(=O)OCC1OC(OC2C(COC(C)=O)OC(n3cc(CN4CC(C)CC5OC6(CCC7C(=C6C)CC6C7CC=C7CC(O)CCC76C)C(C)C54)nn3)C(OC(C)=O)C2OC(C)=O)C(OC(C)=O)CC(OC(C)=O)C1OC(C)=O. The van der Waals surface area contributed by atoms with Crippen LogP contribution in [0.1, 0.15) is 146 Å². The molecule has 80 heavy (non-hydrogen) atoms. The van der Waals surface area contributed by atoms with Crippen LogP contribution in [0, 0.1) is 35.0 Å². The molecule has 4 aliphatic carbocycles. The number of esters is 7. The molecule has 0 amide bonds. The van der Waals surface area contributed by atoms with Gasteiger partial charge in [0.15, 0.2) is 36.9 Å². The minimum Gasteiger partial charge on any atom is -0.463 e. The van der Waals surface area contributed by atoms with Crippen LogP contribution in [0.3, 0.4) is 0 Å². The fourth-order valence-electron chi connectivity index (χ4n) is 15.3. The van der Waals surface area contributed by atoms with Crippen LogP contribution in [0.2, 0.25) is 0 Å². The average Bonchev–Trinajstić information content (AvgIpc) is 4.07. The molecular formula is C57H80N4O19. The Bertz CT molecular complexity index is 2600. The van der Waals surface area contributed by atoms with Crippen LogP contribution in [0.25, 0.3) is 0 Å². The summed E-state index contributed by atoms with van der Waals surface area (Å²) < 4.78 is 68.1. The zero-order chi connectivity index (χ0) is 57.7. The summed E-state index contributed by atoms with van der Waals surface area (Å²) in [7, 11) is 0. The third-order valence-corrected chi connectivity index (χ3v) is 18.4. The number of piperidine rings is 1. The van der Waals surface area contributed by atoms with Gasteiger partial charge in [0, 0.05) is 79.9 Å². The highest BCUT2D eigenvalue weighted by Gasteiger charge is 2.62. The predicted octanol–water partition coefficient (Wildman–Crippen LogP) is 4.69. The third-order valence-electron chi connectivity index (χ3n) is 18.4. The standard InChI is InChI=1S/C57H80N4O19/c1-27-18-44-49(29(3)57(80-44)17-15-40-41-13-12-37-19-39(69)14-16-56(37,11)43(41)20-42(40)28(57)2)60(22-27)23-38-24-61(59-58-38)54-53(76-36(10)68)52(75-35(9)67)51(48(77-54)26-71-31(5)63)79-55-46(73-33(7)65)21-45(72-32(6)64)50(74-34(8)66)47(78-55)25-70-30(4)62/h12,24,27,29,39-41,43-55,69H,13-23,25-26H2,1-11H3. The Kier molecular flexibility index (Phi) is 17.7. The minimum absolute atomic E-state index is 0.0291. The highest BCUT2D eigenvalue weighted by molar-refractivity contribution is 5.69. The van der Waals surface area contributed by atoms with E-state index in [1.54, 1.807) is 11.8 Å². The Morgan fingerprint density at radius 1 is 0.738 bits per heavy atom. The number of hydrogen-bond acceptors (Lipinski definition) is 22. The molecule has 442 valence electrons. The van der Waals surface area contributed by atoms with Crippen LogP contribution in [-0.4, -0.2) is 166 Å². The van der Waals surface area contributed by atoms with E-state index in [4.69, 9.17) is 52.1 Å². The van der Waals surface area contributed by atoms with Gasteiger partial charge in [-0.15, -0.1) is 5.10 Å². The maximum Gasteiger partial charge on any atom is 0.303 e. The van der Waals surface area contributed by atoms with Gasteiger partial charge in [0.2, 0.25) is 0 Å². The fourth-order valence-corrected chi connectivity index (χ4v) is 15.3. The van der Waals surface area contributed by atoms with E-state index in [9.17, 15) is 38.7 Å². The normalized spacial score (nSPS) is 39.5. The van der Waals surface area contributed by atoms with Crippen molar-refractivity contribution in [3.05, 3.63) is 34.7 Å². The molecule has 0 aromatic carbocycles. The first-order chi connectivity index (χ1) is 37.8. The summed E-state index contributed by atoms with van der Waals surface area (Å²) in [5.41, 5.74) is 4.68. The molecule has 1 aromatic heterocycles. The first kappa shape index (κ1) is 59.3. The van der Waals surface area contributed by atoms with E-state index in [-0.39, 0.29) is 29.6 Å². The molecule has 1 aromatic rings. The van der Waals surface area contributed by atoms with E-state index in [2.05, 4.69) is 49.0 Å². The summed E-state index contributed by atoms with van der Waals surface area (Å²) in [6, 6.07) is 0.0566. The first-order valence-electron chi connectivity index (χ1n) is 28.3. The van der Waals surface area contributed by atoms with Crippen LogP contribution in [0.5, 0.6) is 0 Å². The Labute approximate surface area is 466 Å². The van der Waals surface area contributed by atoms with Crippen molar-refractivity contribution in [2.75, 3.05) is 19.8 Å². The monoisotopic (exact) mass is 1120 g/mol. The molecule has 4 aliphatic heterocycles. The van der Waals surface area contributed by atoms with Crippen LogP contribution in [-0.2, 0) is 92.2 Å². The molecule has 1 N–H and O–H groups in total. The van der Waals surface area contributed by atoms with Gasteiger partial charge in [-0.05, 0) is 93.0 Å². The zero-order valence-electron chi connectivity index (χ0n) is 47.8. The van der Waals surface area contributed by atoms with Crippen molar-refractivity contribution in [1.82, 2.24) is 19.9 Å². The summed E-state index contributed by atoms with van der Waals surface area (Å²) in [5.74, 6) is -3.44. The second-order valence-corrected chi connectivity index (χ2v) is 23.9. The quantitative estimate of drug-likeness (QED) is 0.150. The molecular weight excluding hydrogens is 1040 g/mol. The number of nitrogens with zero attached hydrogens (tertiary/aromatic N) is 4. The van der Waals surface area contributed by atoms with Crippen molar-refractivity contribution in [3.63, 3.8) is 0 Å². The molecule has 23 heteroatoms. The number of carbonyl (C=O) groups excluding carboxylic acids is 7. The van der Waals surface area contributed by atoms with Crippen molar-refractivity contribution >= 4 is 41.8 Å². The third kappa shape index (κ3) is 12.1. The van der Waals surface area contributed by atoms with E-state index >= 15 is 0 Å². The first-order valence-corrected chi connectivity index (χ1v) is 28.3. The van der Waals surface area contributed by atoms with Crippen molar-refractivity contribution < 1.29 is 90.8 Å². The average molecular weight is 1130 g/mol. The Morgan fingerprint density at radius 3 is 2.01 bits per heavy atom. The molecule has 8 aliphatic rings. The van der Waals surface area contributed by atoms with Crippen molar-refractivity contribution in [1.29, 1.82) is 0 Å². The number of fused-ring (bicyclic) bond motifs is 6. The molecule has 6 fully saturated rings. The molecule has 23 nitrogen and oxygen atoms in total. The lowest BCUT2D eigenvalue weighted by Gasteiger charge is -2.49. The summed E-state index contributed by atoms with van der Waals surface area (Å²) in [6.45, 7) is 17.3. The summed E-state index contributed by atoms with van der Waals surface area (Å²) in [4.78, 5) is 91.2. The molecule has 0 bridgehead atoms. The smallest absolute Gasteiger partial charge is 0.303 e. The van der Waals surface area contributed by atoms with Gasteiger partial charge in [0.05, 0.1) is 29.7 Å². The lowest BCUT2D eigenvalue weighted by Crippen LogP contribution is -2.62. The van der Waals surface area contributed by atoms with Crippen molar-refractivity contribution in [2.45, 2.75) is 226 Å². The lowest BCUT2D eigenvalue weighted by atomic mass is 9.56. The maximum absolute atomic E-state index is 13.2. The zero-order valence-corrected chi connectivity index (χ0v) is 47.8. The van der Waals surface area contributed by atoms with Gasteiger partial charge in [-0.1, -0.05) is 43.2 Å². The van der Waals surface area contributed by atoms with E-state index < -0.39 is 128 Å². The molecule has 9 rings (SSSR count). The Balaban J connectivity index is 1.00. The largest absolute Gasteiger partial charge is 0.463 e. The molecule has 2 saturated carbocycles. The molecule has 0 radical (unpaired) electrons. The number of aliphatic hydroxyl groups excluding tert-OH is 1. The number of likely N-dealkylation sites (tertiary alicyclic amines) is 1. The van der Waals surface area contributed by atoms with Crippen LogP contribution in [0.15, 0.2) is 29.0 Å². The van der Waals surface area contributed by atoms with Gasteiger partial charge < -0.3 is 57.2 Å². The van der Waals surface area contributed by atoms with Gasteiger partial charge in [-0.25, -0.2) is 4.68 Å². The predicted molar refractivity (Wildman–Crippen MR) is 276 cm³/mol. The number of rotatable bonds is 14. The summed E-state index contributed by atoms with van der Waals surface area (Å²) in [6.07, 6.45) is -3.77. The van der Waals surface area contributed by atoms with Crippen molar-refractivity contribution in [3.8, 4) is 0 Å². The van der Waals surface area contributed by atoms with Crippen LogP contribution < -0.4 is 0 Å². The Hall–Kier alpha value is -5.33. The fraction of sp³-hybridized carbons (Fsp3) is 0.772. The number of allylic oxidation sites excluding steroid dienone is 2. The lowest BCUT2D eigenvalue weighted by molar-refractivity contribution is -0.320. The minimum atomic E-state index is -1.74. The molecule has 1 spiro atoms.